The lowest BCUT2D eigenvalue weighted by atomic mass is 10.1. The van der Waals surface area contributed by atoms with Crippen molar-refractivity contribution < 1.29 is 8.83 Å². The zero-order valence-electron chi connectivity index (χ0n) is 40.8. The van der Waals surface area contributed by atoms with E-state index in [9.17, 15) is 0 Å². The Morgan fingerprint density at radius 3 is 1.45 bits per heavy atom. The normalized spacial score (nSPS) is 9.69. The van der Waals surface area contributed by atoms with E-state index < -0.39 is 0 Å². The summed E-state index contributed by atoms with van der Waals surface area (Å²) in [5.41, 5.74) is 14.9. The summed E-state index contributed by atoms with van der Waals surface area (Å²) < 4.78 is 11.8. The lowest BCUT2D eigenvalue weighted by molar-refractivity contribution is 0.534. The number of fused-ring (bicyclic) bond motifs is 3. The molecule has 0 fully saturated rings. The van der Waals surface area contributed by atoms with Crippen molar-refractivity contribution in [2.75, 3.05) is 0 Å². The van der Waals surface area contributed by atoms with Crippen molar-refractivity contribution in [1.29, 1.82) is 0 Å². The minimum Gasteiger partial charge on any atom is -0.472 e. The Bertz CT molecular complexity index is 2530. The van der Waals surface area contributed by atoms with E-state index in [1.54, 1.807) is 47.8 Å². The summed E-state index contributed by atoms with van der Waals surface area (Å²) in [5, 5.41) is 8.96. The van der Waals surface area contributed by atoms with Crippen LogP contribution in [0, 0.1) is 90.0 Å². The van der Waals surface area contributed by atoms with E-state index in [0.29, 0.717) is 0 Å². The second-order valence-electron chi connectivity index (χ2n) is 15.5. The molecule has 7 aromatic heterocycles. The average molecular weight is 906 g/mol. The highest BCUT2D eigenvalue weighted by atomic mass is 32.1. The molecule has 0 aliphatic rings. The van der Waals surface area contributed by atoms with Crippen LogP contribution in [0.15, 0.2) is 159 Å². The molecule has 10 rings (SSSR count). The van der Waals surface area contributed by atoms with Crippen LogP contribution in [0.2, 0.25) is 0 Å². The van der Waals surface area contributed by atoms with Crippen molar-refractivity contribution in [1.82, 2.24) is 24.5 Å². The molecule has 10 aromatic rings. The van der Waals surface area contributed by atoms with Crippen LogP contribution in [-0.2, 0) is 7.05 Å². The van der Waals surface area contributed by atoms with Crippen molar-refractivity contribution in [3.05, 3.63) is 223 Å². The molecule has 7 heterocycles. The Morgan fingerprint density at radius 2 is 1.12 bits per heavy atom. The molecule has 340 valence electrons. The summed E-state index contributed by atoms with van der Waals surface area (Å²) in [5.74, 6) is 1.81. The first kappa shape index (κ1) is 52.9. The van der Waals surface area contributed by atoms with E-state index >= 15 is 0 Å². The first-order valence-electron chi connectivity index (χ1n) is 21.5. The lowest BCUT2D eigenvalue weighted by Gasteiger charge is -2.00. The van der Waals surface area contributed by atoms with Crippen LogP contribution in [0.1, 0.15) is 72.5 Å². The Kier molecular flexibility index (Phi) is 23.1. The molecule has 65 heavy (non-hydrogen) atoms. The maximum atomic E-state index is 4.83. The van der Waals surface area contributed by atoms with Gasteiger partial charge in [0.1, 0.15) is 17.9 Å². The summed E-state index contributed by atoms with van der Waals surface area (Å²) in [7, 11) is 2.12. The summed E-state index contributed by atoms with van der Waals surface area (Å²) >= 11 is 3.52. The molecule has 0 spiro atoms. The quantitative estimate of drug-likeness (QED) is 0.151. The van der Waals surface area contributed by atoms with Gasteiger partial charge in [0.2, 0.25) is 0 Å². The summed E-state index contributed by atoms with van der Waals surface area (Å²) in [4.78, 5) is 17.6. The second kappa shape index (κ2) is 28.4. The number of aryl methyl sites for hydroxylation is 12. The van der Waals surface area contributed by atoms with Gasteiger partial charge in [0, 0.05) is 57.0 Å². The third kappa shape index (κ3) is 19.1. The molecule has 0 atom stereocenters. The maximum absolute atomic E-state index is 4.83. The number of hydrogen-bond donors (Lipinski definition) is 0. The van der Waals surface area contributed by atoms with Crippen molar-refractivity contribution in [2.24, 2.45) is 7.05 Å². The van der Waals surface area contributed by atoms with Crippen molar-refractivity contribution in [3.8, 4) is 0 Å². The third-order valence-corrected chi connectivity index (χ3v) is 11.9. The zero-order chi connectivity index (χ0) is 47.7. The first-order valence-corrected chi connectivity index (χ1v) is 23.4. The van der Waals surface area contributed by atoms with Gasteiger partial charge in [-0.25, -0.2) is 19.9 Å². The Hall–Kier alpha value is -6.42. The summed E-state index contributed by atoms with van der Waals surface area (Å²) in [6.07, 6.45) is 8.47. The fourth-order valence-corrected chi connectivity index (χ4v) is 6.90. The van der Waals surface area contributed by atoms with Gasteiger partial charge in [0.15, 0.2) is 0 Å². The van der Waals surface area contributed by atoms with E-state index in [0.717, 1.165) is 34.2 Å². The van der Waals surface area contributed by atoms with Gasteiger partial charge in [-0.3, -0.25) is 0 Å². The van der Waals surface area contributed by atoms with E-state index in [-0.39, 0.29) is 0 Å². The van der Waals surface area contributed by atoms with Crippen LogP contribution in [0.3, 0.4) is 0 Å². The molecule has 0 unspecified atom stereocenters. The standard InChI is InChI=1S/C13H11N.C9H12.2C7H10N2.2C5H6O.2C5H6S/c1-14-12-8-4-2-6-10(12)11-7-3-5-9-13(11)14;1-7-5-4-6-8(2)9(7)3;1-5-6(2)8-4-9-7(5)3;1-5-4-8-7(3)9-6(5)2;1-5-2-3-6-4-5;1-5-3-2-4-6-5;1-5-2-3-6-4-5;1-5-3-2-4-6-5/h2-9H,1H3;4-6H,1-3H3;2*4H,1-3H3;4*2-4H,1H3. The SMILES string of the molecule is Cc1cccc(C)c1C.Cc1ccco1.Cc1cccs1.Cc1ccoc1.Cc1ccsc1.Cc1ncc(C)c(C)n1.Cc1ncnc(C)c1C.Cn1c2ccccc2c2ccccc21. The van der Waals surface area contributed by atoms with Crippen LogP contribution < -0.4 is 0 Å². The van der Waals surface area contributed by atoms with Crippen molar-refractivity contribution >= 4 is 44.5 Å². The molecule has 0 N–H and O–H groups in total. The van der Waals surface area contributed by atoms with E-state index in [1.165, 1.54) is 60.1 Å². The molecule has 9 heteroatoms. The highest BCUT2D eigenvalue weighted by molar-refractivity contribution is 7.09. The number of thiophene rings is 2. The van der Waals surface area contributed by atoms with E-state index in [4.69, 9.17) is 8.83 Å². The van der Waals surface area contributed by atoms with Crippen molar-refractivity contribution in [3.63, 3.8) is 0 Å². The van der Waals surface area contributed by atoms with Crippen LogP contribution in [0.5, 0.6) is 0 Å². The van der Waals surface area contributed by atoms with Gasteiger partial charge in [0.25, 0.3) is 0 Å². The fraction of sp³-hybridized carbons (Fsp3) is 0.250. The molecule has 0 aliphatic carbocycles. The zero-order valence-corrected chi connectivity index (χ0v) is 42.4. The van der Waals surface area contributed by atoms with Gasteiger partial charge in [-0.2, -0.15) is 11.3 Å². The average Bonchev–Trinajstić information content (AvgIpc) is 4.18. The van der Waals surface area contributed by atoms with E-state index in [1.807, 2.05) is 79.8 Å². The number of nitrogens with zero attached hydrogens (tertiary/aromatic N) is 5. The molecule has 0 saturated carbocycles. The lowest BCUT2D eigenvalue weighted by Crippen LogP contribution is -1.92. The van der Waals surface area contributed by atoms with Gasteiger partial charge in [-0.05, 0) is 188 Å². The highest BCUT2D eigenvalue weighted by Crippen LogP contribution is 2.27. The van der Waals surface area contributed by atoms with Gasteiger partial charge >= 0.3 is 0 Å². The Balaban J connectivity index is 0.000000201. The Morgan fingerprint density at radius 1 is 0.508 bits per heavy atom. The van der Waals surface area contributed by atoms with Crippen LogP contribution >= 0.6 is 22.7 Å². The maximum Gasteiger partial charge on any atom is 0.125 e. The molecule has 3 aromatic carbocycles. The largest absolute Gasteiger partial charge is 0.472 e. The molecule has 7 nitrogen and oxygen atoms in total. The third-order valence-electron chi connectivity index (χ3n) is 10.3. The minimum atomic E-state index is 0.845. The van der Waals surface area contributed by atoms with Crippen LogP contribution in [0.4, 0.5) is 0 Å². The van der Waals surface area contributed by atoms with Crippen molar-refractivity contribution in [2.45, 2.75) is 90.0 Å². The molecule has 0 saturated heterocycles. The smallest absolute Gasteiger partial charge is 0.125 e. The van der Waals surface area contributed by atoms with Gasteiger partial charge in [-0.1, -0.05) is 60.7 Å². The van der Waals surface area contributed by atoms with Gasteiger partial charge < -0.3 is 13.4 Å². The summed E-state index contributed by atoms with van der Waals surface area (Å²) in [6, 6.07) is 35.4. The summed E-state index contributed by atoms with van der Waals surface area (Å²) in [6.45, 7) is 26.4. The fourth-order valence-electron chi connectivity index (χ4n) is 5.70. The number of hydrogen-bond acceptors (Lipinski definition) is 8. The molecular weight excluding hydrogens is 839 g/mol. The van der Waals surface area contributed by atoms with Crippen LogP contribution in [0.25, 0.3) is 21.8 Å². The molecule has 0 radical (unpaired) electrons. The number of rotatable bonds is 0. The second-order valence-corrected chi connectivity index (χ2v) is 17.4. The first-order chi connectivity index (χ1) is 31.1. The molecule has 0 aliphatic heterocycles. The number of furan rings is 2. The molecular formula is C56H67N5O2S2. The van der Waals surface area contributed by atoms with Gasteiger partial charge in [-0.15, -0.1) is 11.3 Å². The Labute approximate surface area is 396 Å². The highest BCUT2D eigenvalue weighted by Gasteiger charge is 2.05. The molecule has 0 amide bonds. The number of benzene rings is 3. The minimum absolute atomic E-state index is 0.845. The molecule has 0 bridgehead atoms. The van der Waals surface area contributed by atoms with Gasteiger partial charge in [0.05, 0.1) is 18.8 Å². The van der Waals surface area contributed by atoms with Crippen LogP contribution in [-0.4, -0.2) is 24.5 Å². The monoisotopic (exact) mass is 905 g/mol. The number of aromatic nitrogens is 5. The predicted molar refractivity (Wildman–Crippen MR) is 279 cm³/mol. The topological polar surface area (TPSA) is 82.8 Å². The van der Waals surface area contributed by atoms with E-state index in [2.05, 4.69) is 167 Å². The number of para-hydroxylation sites is 2. The predicted octanol–water partition coefficient (Wildman–Crippen LogP) is 16.0.